The number of anilines is 1. The Morgan fingerprint density at radius 1 is 1.09 bits per heavy atom. The van der Waals surface area contributed by atoms with E-state index in [9.17, 15) is 18.0 Å². The molecule has 0 aliphatic heterocycles. The van der Waals surface area contributed by atoms with Crippen molar-refractivity contribution >= 4 is 22.6 Å². The Bertz CT molecular complexity index is 837. The molecule has 1 N–H and O–H groups in total. The van der Waals surface area contributed by atoms with Gasteiger partial charge in [-0.1, -0.05) is 24.3 Å². The fraction of sp³-hybridized carbons (Fsp3) is 0.125. The number of benzene rings is 2. The number of hydrogen-bond acceptors (Lipinski definition) is 2. The van der Waals surface area contributed by atoms with Gasteiger partial charge >= 0.3 is 12.1 Å². The predicted octanol–water partition coefficient (Wildman–Crippen LogP) is 3.76. The van der Waals surface area contributed by atoms with Crippen molar-refractivity contribution in [1.29, 1.82) is 0 Å². The fourth-order valence-corrected chi connectivity index (χ4v) is 2.35. The molecule has 0 unspecified atom stereocenters. The predicted molar refractivity (Wildman–Crippen MR) is 81.0 cm³/mol. The van der Waals surface area contributed by atoms with Gasteiger partial charge in [0.25, 0.3) is 0 Å². The van der Waals surface area contributed by atoms with Gasteiger partial charge in [0.2, 0.25) is 0 Å². The smallest absolute Gasteiger partial charge is 0.338 e. The van der Waals surface area contributed by atoms with Crippen LogP contribution in [0.5, 0.6) is 0 Å². The van der Waals surface area contributed by atoms with Crippen molar-refractivity contribution in [3.8, 4) is 11.4 Å². The van der Waals surface area contributed by atoms with E-state index < -0.39 is 12.1 Å². The van der Waals surface area contributed by atoms with Gasteiger partial charge in [0.15, 0.2) is 0 Å². The highest BCUT2D eigenvalue weighted by atomic mass is 19.4. The van der Waals surface area contributed by atoms with Crippen molar-refractivity contribution < 1.29 is 18.0 Å². The minimum Gasteiger partial charge on any atom is -0.338 e. The Labute approximate surface area is 129 Å². The summed E-state index contributed by atoms with van der Waals surface area (Å²) in [6.07, 6.45) is -4.93. The van der Waals surface area contributed by atoms with Gasteiger partial charge < -0.3 is 9.88 Å². The highest BCUT2D eigenvalue weighted by Gasteiger charge is 2.42. The third kappa shape index (κ3) is 2.77. The lowest BCUT2D eigenvalue weighted by atomic mass is 10.1. The zero-order chi connectivity index (χ0) is 16.6. The van der Waals surface area contributed by atoms with Crippen LogP contribution in [0.1, 0.15) is 0 Å². The molecule has 1 amide bonds. The molecule has 0 saturated heterocycles. The Morgan fingerprint density at radius 2 is 1.74 bits per heavy atom. The van der Waals surface area contributed by atoms with Gasteiger partial charge in [0.1, 0.15) is 5.82 Å². The van der Waals surface area contributed by atoms with Crippen LogP contribution in [0.15, 0.2) is 48.5 Å². The molecule has 0 radical (unpaired) electrons. The van der Waals surface area contributed by atoms with Crippen molar-refractivity contribution in [1.82, 2.24) is 9.97 Å². The third-order valence-electron chi connectivity index (χ3n) is 3.46. The van der Waals surface area contributed by atoms with Crippen LogP contribution < -0.4 is 4.90 Å². The van der Waals surface area contributed by atoms with Crippen LogP contribution in [-0.4, -0.2) is 29.1 Å². The average molecular weight is 319 g/mol. The molecule has 0 fully saturated rings. The number of aromatic nitrogens is 2. The van der Waals surface area contributed by atoms with Gasteiger partial charge in [0, 0.05) is 12.6 Å². The second-order valence-corrected chi connectivity index (χ2v) is 4.98. The van der Waals surface area contributed by atoms with E-state index in [4.69, 9.17) is 0 Å². The van der Waals surface area contributed by atoms with Crippen molar-refractivity contribution in [2.24, 2.45) is 0 Å². The van der Waals surface area contributed by atoms with Crippen LogP contribution in [0, 0.1) is 0 Å². The van der Waals surface area contributed by atoms with Crippen LogP contribution >= 0.6 is 0 Å². The van der Waals surface area contributed by atoms with Crippen LogP contribution in [0.2, 0.25) is 0 Å². The van der Waals surface area contributed by atoms with E-state index in [-0.39, 0.29) is 5.69 Å². The van der Waals surface area contributed by atoms with Crippen molar-refractivity contribution in [3.05, 3.63) is 48.5 Å². The lowest BCUT2D eigenvalue weighted by molar-refractivity contribution is -0.170. The molecule has 0 aliphatic rings. The third-order valence-corrected chi connectivity index (χ3v) is 3.46. The molecule has 1 aromatic heterocycles. The van der Waals surface area contributed by atoms with E-state index in [1.54, 1.807) is 24.3 Å². The van der Waals surface area contributed by atoms with Crippen LogP contribution in [-0.2, 0) is 4.79 Å². The minimum absolute atomic E-state index is 0.133. The Balaban J connectivity index is 2.09. The first-order valence-electron chi connectivity index (χ1n) is 6.77. The lowest BCUT2D eigenvalue weighted by Crippen LogP contribution is -2.38. The topological polar surface area (TPSA) is 49.0 Å². The molecule has 0 bridgehead atoms. The maximum absolute atomic E-state index is 12.7. The largest absolute Gasteiger partial charge is 0.471 e. The Morgan fingerprint density at radius 3 is 2.43 bits per heavy atom. The molecule has 23 heavy (non-hydrogen) atoms. The maximum atomic E-state index is 12.7. The molecule has 2 aromatic carbocycles. The number of alkyl halides is 3. The molecule has 0 atom stereocenters. The maximum Gasteiger partial charge on any atom is 0.471 e. The normalized spacial score (nSPS) is 11.7. The first-order chi connectivity index (χ1) is 10.9. The summed E-state index contributed by atoms with van der Waals surface area (Å²) in [4.78, 5) is 19.5. The summed E-state index contributed by atoms with van der Waals surface area (Å²) in [5, 5.41) is 0. The number of hydrogen-bond donors (Lipinski definition) is 1. The first-order valence-corrected chi connectivity index (χ1v) is 6.77. The van der Waals surface area contributed by atoms with Crippen molar-refractivity contribution in [2.75, 3.05) is 11.9 Å². The molecule has 118 valence electrons. The number of carbonyl (C=O) groups is 1. The van der Waals surface area contributed by atoms with Crippen LogP contribution in [0.3, 0.4) is 0 Å². The van der Waals surface area contributed by atoms with E-state index in [0.29, 0.717) is 21.8 Å². The molecule has 0 saturated carbocycles. The van der Waals surface area contributed by atoms with Gasteiger partial charge in [0.05, 0.1) is 16.7 Å². The lowest BCUT2D eigenvalue weighted by Gasteiger charge is -2.21. The van der Waals surface area contributed by atoms with Crippen molar-refractivity contribution in [3.63, 3.8) is 0 Å². The van der Waals surface area contributed by atoms with E-state index in [2.05, 4.69) is 9.97 Å². The monoisotopic (exact) mass is 319 g/mol. The summed E-state index contributed by atoms with van der Waals surface area (Å²) >= 11 is 0. The van der Waals surface area contributed by atoms with E-state index in [1.165, 1.54) is 6.07 Å². The molecular weight excluding hydrogens is 307 g/mol. The van der Waals surface area contributed by atoms with Gasteiger partial charge in [-0.25, -0.2) is 4.98 Å². The highest BCUT2D eigenvalue weighted by Crippen LogP contribution is 2.31. The number of H-pyrrole nitrogens is 1. The van der Waals surface area contributed by atoms with Gasteiger partial charge in [-0.3, -0.25) is 4.79 Å². The summed E-state index contributed by atoms with van der Waals surface area (Å²) in [5.41, 5.74) is 2.02. The number of aromatic amines is 1. The molecule has 0 aliphatic carbocycles. The summed E-state index contributed by atoms with van der Waals surface area (Å²) in [7, 11) is 1.09. The number of para-hydroxylation sites is 3. The molecule has 4 nitrogen and oxygen atoms in total. The van der Waals surface area contributed by atoms with Crippen molar-refractivity contribution in [2.45, 2.75) is 6.18 Å². The zero-order valence-corrected chi connectivity index (χ0v) is 12.1. The second-order valence-electron chi connectivity index (χ2n) is 4.98. The van der Waals surface area contributed by atoms with Gasteiger partial charge in [-0.15, -0.1) is 0 Å². The van der Waals surface area contributed by atoms with E-state index in [1.807, 2.05) is 18.2 Å². The molecule has 7 heteroatoms. The molecule has 3 rings (SSSR count). The minimum atomic E-state index is -4.93. The first kappa shape index (κ1) is 15.1. The summed E-state index contributed by atoms with van der Waals surface area (Å²) in [6.45, 7) is 0. The number of fused-ring (bicyclic) bond motifs is 1. The number of imidazole rings is 1. The number of nitrogens with one attached hydrogen (secondary N) is 1. The average Bonchev–Trinajstić information content (AvgIpc) is 2.96. The fourth-order valence-electron chi connectivity index (χ4n) is 2.35. The zero-order valence-electron chi connectivity index (χ0n) is 12.1. The molecule has 0 spiro atoms. The number of halogens is 3. The number of amides is 1. The number of rotatable bonds is 2. The van der Waals surface area contributed by atoms with Gasteiger partial charge in [-0.05, 0) is 24.3 Å². The second kappa shape index (κ2) is 5.42. The van der Waals surface area contributed by atoms with Crippen LogP contribution in [0.25, 0.3) is 22.4 Å². The molecular formula is C16H12F3N3O. The SMILES string of the molecule is CN(C(=O)C(F)(F)F)c1ccccc1-c1nc2ccccc2[nH]1. The van der Waals surface area contributed by atoms with E-state index in [0.717, 1.165) is 12.6 Å². The quantitative estimate of drug-likeness (QED) is 0.782. The van der Waals surface area contributed by atoms with Gasteiger partial charge in [-0.2, -0.15) is 13.2 Å². The highest BCUT2D eigenvalue weighted by molar-refractivity contribution is 6.00. The van der Waals surface area contributed by atoms with Crippen LogP contribution in [0.4, 0.5) is 18.9 Å². The Hall–Kier alpha value is -2.83. The van der Waals surface area contributed by atoms with E-state index >= 15 is 0 Å². The molecule has 3 aromatic rings. The number of carbonyl (C=O) groups excluding carboxylic acids is 1. The number of nitrogens with zero attached hydrogens (tertiary/aromatic N) is 2. The summed E-state index contributed by atoms with van der Waals surface area (Å²) in [5.74, 6) is -1.52. The molecule has 1 heterocycles. The Kier molecular flexibility index (Phi) is 3.55. The standard InChI is InChI=1S/C16H12F3N3O/c1-22(15(23)16(17,18)19)13-9-5-2-6-10(13)14-20-11-7-3-4-8-12(11)21-14/h2-9H,1H3,(H,20,21). The summed E-state index contributed by atoms with van der Waals surface area (Å²) < 4.78 is 38.0. The summed E-state index contributed by atoms with van der Waals surface area (Å²) in [6, 6.07) is 13.6.